The van der Waals surface area contributed by atoms with Gasteiger partial charge in [-0.25, -0.2) is 4.98 Å². The molecule has 2 aromatic heterocycles. The number of nitrogens with zero attached hydrogens (tertiary/aromatic N) is 4. The lowest BCUT2D eigenvalue weighted by molar-refractivity contribution is 0.432. The first-order valence-corrected chi connectivity index (χ1v) is 7.92. The SMILES string of the molecule is Cc1ccccc1-c1nc(-c2ccc3c(c2)nc(C)c(=O)n3C)no1. The largest absolute Gasteiger partial charge is 0.334 e. The first-order valence-electron chi connectivity index (χ1n) is 7.92. The molecule has 0 atom stereocenters. The summed E-state index contributed by atoms with van der Waals surface area (Å²) in [5, 5.41) is 4.09. The highest BCUT2D eigenvalue weighted by Gasteiger charge is 2.13. The van der Waals surface area contributed by atoms with Crippen molar-refractivity contribution in [1.29, 1.82) is 0 Å². The van der Waals surface area contributed by atoms with E-state index >= 15 is 0 Å². The Balaban J connectivity index is 1.82. The maximum absolute atomic E-state index is 12.0. The highest BCUT2D eigenvalue weighted by molar-refractivity contribution is 5.80. The maximum Gasteiger partial charge on any atom is 0.272 e. The topological polar surface area (TPSA) is 73.8 Å². The molecule has 2 heterocycles. The third-order valence-corrected chi connectivity index (χ3v) is 4.30. The molecular formula is C19H16N4O2. The van der Waals surface area contributed by atoms with Crippen LogP contribution in [-0.4, -0.2) is 19.7 Å². The average Bonchev–Trinajstić information content (AvgIpc) is 3.09. The van der Waals surface area contributed by atoms with Gasteiger partial charge in [-0.3, -0.25) is 4.79 Å². The van der Waals surface area contributed by atoms with E-state index in [1.807, 2.05) is 49.4 Å². The van der Waals surface area contributed by atoms with Crippen molar-refractivity contribution in [2.75, 3.05) is 0 Å². The molecule has 4 aromatic rings. The Hall–Kier alpha value is -3.28. The summed E-state index contributed by atoms with van der Waals surface area (Å²) in [5.41, 5.74) is 4.63. The van der Waals surface area contributed by atoms with Crippen molar-refractivity contribution in [3.8, 4) is 22.8 Å². The number of rotatable bonds is 2. The highest BCUT2D eigenvalue weighted by atomic mass is 16.5. The van der Waals surface area contributed by atoms with Gasteiger partial charge in [0.1, 0.15) is 5.69 Å². The van der Waals surface area contributed by atoms with E-state index in [-0.39, 0.29) is 5.56 Å². The van der Waals surface area contributed by atoms with Crippen LogP contribution in [0.2, 0.25) is 0 Å². The van der Waals surface area contributed by atoms with Crippen LogP contribution in [0.15, 0.2) is 51.8 Å². The minimum absolute atomic E-state index is 0.0957. The van der Waals surface area contributed by atoms with E-state index in [9.17, 15) is 4.79 Å². The van der Waals surface area contributed by atoms with Crippen LogP contribution in [0.3, 0.4) is 0 Å². The Labute approximate surface area is 143 Å². The molecule has 0 unspecified atom stereocenters. The monoisotopic (exact) mass is 332 g/mol. The van der Waals surface area contributed by atoms with E-state index in [0.29, 0.717) is 17.4 Å². The summed E-state index contributed by atoms with van der Waals surface area (Å²) in [6, 6.07) is 13.4. The third kappa shape index (κ3) is 2.52. The molecule has 124 valence electrons. The third-order valence-electron chi connectivity index (χ3n) is 4.30. The molecular weight excluding hydrogens is 316 g/mol. The minimum atomic E-state index is -0.0957. The van der Waals surface area contributed by atoms with Crippen molar-refractivity contribution in [2.24, 2.45) is 7.05 Å². The standard InChI is InChI=1S/C19H16N4O2/c1-11-6-4-5-7-14(11)18-21-17(22-25-18)13-8-9-16-15(10-13)20-12(2)19(24)23(16)3/h4-10H,1-3H3. The molecule has 0 aliphatic heterocycles. The van der Waals surface area contributed by atoms with Crippen LogP contribution in [0.5, 0.6) is 0 Å². The Morgan fingerprint density at radius 1 is 1.04 bits per heavy atom. The molecule has 0 saturated carbocycles. The molecule has 0 amide bonds. The van der Waals surface area contributed by atoms with Crippen molar-refractivity contribution in [2.45, 2.75) is 13.8 Å². The van der Waals surface area contributed by atoms with Gasteiger partial charge in [-0.05, 0) is 43.7 Å². The smallest absolute Gasteiger partial charge is 0.272 e. The van der Waals surface area contributed by atoms with Crippen molar-refractivity contribution in [3.63, 3.8) is 0 Å². The molecule has 25 heavy (non-hydrogen) atoms. The molecule has 0 bridgehead atoms. The molecule has 2 aromatic carbocycles. The Bertz CT molecular complexity index is 1160. The van der Waals surface area contributed by atoms with Gasteiger partial charge >= 0.3 is 0 Å². The molecule has 0 aliphatic rings. The zero-order valence-corrected chi connectivity index (χ0v) is 14.1. The Kier molecular flexibility index (Phi) is 3.46. The fourth-order valence-corrected chi connectivity index (χ4v) is 2.88. The van der Waals surface area contributed by atoms with Crippen LogP contribution in [0.1, 0.15) is 11.3 Å². The van der Waals surface area contributed by atoms with Gasteiger partial charge in [0.2, 0.25) is 5.82 Å². The summed E-state index contributed by atoms with van der Waals surface area (Å²) in [4.78, 5) is 20.9. The van der Waals surface area contributed by atoms with Crippen LogP contribution < -0.4 is 5.56 Å². The molecule has 6 nitrogen and oxygen atoms in total. The van der Waals surface area contributed by atoms with Crippen LogP contribution in [0.25, 0.3) is 33.9 Å². The van der Waals surface area contributed by atoms with E-state index < -0.39 is 0 Å². The number of hydrogen-bond acceptors (Lipinski definition) is 5. The summed E-state index contributed by atoms with van der Waals surface area (Å²) in [7, 11) is 1.74. The Morgan fingerprint density at radius 2 is 1.84 bits per heavy atom. The van der Waals surface area contributed by atoms with Gasteiger partial charge in [-0.2, -0.15) is 4.98 Å². The minimum Gasteiger partial charge on any atom is -0.334 e. The number of fused-ring (bicyclic) bond motifs is 1. The molecule has 4 rings (SSSR count). The summed E-state index contributed by atoms with van der Waals surface area (Å²) in [6.07, 6.45) is 0. The lowest BCUT2D eigenvalue weighted by atomic mass is 10.1. The summed E-state index contributed by atoms with van der Waals surface area (Å²) in [6.45, 7) is 3.71. The van der Waals surface area contributed by atoms with Crippen LogP contribution >= 0.6 is 0 Å². The van der Waals surface area contributed by atoms with E-state index in [4.69, 9.17) is 4.52 Å². The molecule has 0 fully saturated rings. The fourth-order valence-electron chi connectivity index (χ4n) is 2.88. The number of aryl methyl sites for hydroxylation is 3. The van der Waals surface area contributed by atoms with Crippen molar-refractivity contribution < 1.29 is 4.52 Å². The predicted molar refractivity (Wildman–Crippen MR) is 95.2 cm³/mol. The molecule has 0 aliphatic carbocycles. The molecule has 6 heteroatoms. The second-order valence-corrected chi connectivity index (χ2v) is 6.00. The van der Waals surface area contributed by atoms with E-state index in [2.05, 4.69) is 15.1 Å². The van der Waals surface area contributed by atoms with Crippen molar-refractivity contribution >= 4 is 11.0 Å². The molecule has 0 saturated heterocycles. The summed E-state index contributed by atoms with van der Waals surface area (Å²) >= 11 is 0. The van der Waals surface area contributed by atoms with Gasteiger partial charge < -0.3 is 9.09 Å². The predicted octanol–water partition coefficient (Wildman–Crippen LogP) is 3.27. The average molecular weight is 332 g/mol. The fraction of sp³-hybridized carbons (Fsp3) is 0.158. The zero-order chi connectivity index (χ0) is 17.6. The molecule has 0 N–H and O–H groups in total. The highest BCUT2D eigenvalue weighted by Crippen LogP contribution is 2.26. The Morgan fingerprint density at radius 3 is 2.64 bits per heavy atom. The molecule has 0 spiro atoms. The van der Waals surface area contributed by atoms with Crippen LogP contribution in [0, 0.1) is 13.8 Å². The lowest BCUT2D eigenvalue weighted by Crippen LogP contribution is -2.20. The summed E-state index contributed by atoms with van der Waals surface area (Å²) < 4.78 is 7.02. The maximum atomic E-state index is 12.0. The quantitative estimate of drug-likeness (QED) is 0.563. The van der Waals surface area contributed by atoms with Gasteiger partial charge in [0.15, 0.2) is 0 Å². The van der Waals surface area contributed by atoms with Gasteiger partial charge in [-0.15, -0.1) is 0 Å². The summed E-state index contributed by atoms with van der Waals surface area (Å²) in [5.74, 6) is 0.978. The first-order chi connectivity index (χ1) is 12.0. The van der Waals surface area contributed by atoms with Gasteiger partial charge in [0.05, 0.1) is 11.0 Å². The van der Waals surface area contributed by atoms with E-state index in [0.717, 1.165) is 27.7 Å². The van der Waals surface area contributed by atoms with E-state index in [1.54, 1.807) is 18.5 Å². The number of hydrogen-bond donors (Lipinski definition) is 0. The van der Waals surface area contributed by atoms with Crippen LogP contribution in [-0.2, 0) is 7.05 Å². The van der Waals surface area contributed by atoms with Gasteiger partial charge in [0.25, 0.3) is 11.4 Å². The van der Waals surface area contributed by atoms with Gasteiger partial charge in [0, 0.05) is 18.2 Å². The van der Waals surface area contributed by atoms with Crippen molar-refractivity contribution in [3.05, 3.63) is 64.1 Å². The van der Waals surface area contributed by atoms with Crippen LogP contribution in [0.4, 0.5) is 0 Å². The normalized spacial score (nSPS) is 11.2. The van der Waals surface area contributed by atoms with E-state index in [1.165, 1.54) is 0 Å². The number of aromatic nitrogens is 4. The second-order valence-electron chi connectivity index (χ2n) is 6.00. The lowest BCUT2D eigenvalue weighted by Gasteiger charge is -2.06. The number of benzene rings is 2. The molecule has 0 radical (unpaired) electrons. The zero-order valence-electron chi connectivity index (χ0n) is 14.1. The second kappa shape index (κ2) is 5.66. The first kappa shape index (κ1) is 15.3. The van der Waals surface area contributed by atoms with Crippen molar-refractivity contribution in [1.82, 2.24) is 19.7 Å². The van der Waals surface area contributed by atoms with Gasteiger partial charge in [-0.1, -0.05) is 23.4 Å².